The molecule has 0 bridgehead atoms. The van der Waals surface area contributed by atoms with E-state index in [0.717, 1.165) is 11.1 Å². The molecule has 0 fully saturated rings. The summed E-state index contributed by atoms with van der Waals surface area (Å²) in [4.78, 5) is 26.0. The molecule has 0 aliphatic rings. The van der Waals surface area contributed by atoms with Crippen molar-refractivity contribution in [1.82, 2.24) is 15.5 Å². The topological polar surface area (TPSA) is 74.6 Å². The van der Waals surface area contributed by atoms with E-state index in [0.29, 0.717) is 5.76 Å². The second kappa shape index (κ2) is 7.79. The number of carbonyl (C=O) groups excluding carboxylic acids is 2. The van der Waals surface area contributed by atoms with Gasteiger partial charge in [-0.1, -0.05) is 24.3 Å². The molecule has 0 saturated heterocycles. The van der Waals surface area contributed by atoms with Gasteiger partial charge in [0.05, 0.1) is 6.54 Å². The Morgan fingerprint density at radius 3 is 2.50 bits per heavy atom. The summed E-state index contributed by atoms with van der Waals surface area (Å²) in [5, 5.41) is 5.36. The molecule has 1 heterocycles. The zero-order chi connectivity index (χ0) is 17.7. The van der Waals surface area contributed by atoms with Crippen LogP contribution >= 0.6 is 0 Å². The number of nitrogens with one attached hydrogen (secondary N) is 2. The molecular weight excluding hydrogens is 306 g/mol. The van der Waals surface area contributed by atoms with Crippen molar-refractivity contribution in [2.45, 2.75) is 19.5 Å². The number of hydrogen-bond acceptors (Lipinski definition) is 4. The van der Waals surface area contributed by atoms with Crippen LogP contribution in [-0.2, 0) is 11.3 Å². The van der Waals surface area contributed by atoms with E-state index in [2.05, 4.69) is 10.6 Å². The van der Waals surface area contributed by atoms with Gasteiger partial charge in [0.25, 0.3) is 5.91 Å². The zero-order valence-corrected chi connectivity index (χ0v) is 14.4. The van der Waals surface area contributed by atoms with Crippen molar-refractivity contribution >= 4 is 11.8 Å². The fraction of sp³-hybridized carbons (Fsp3) is 0.333. The van der Waals surface area contributed by atoms with E-state index >= 15 is 0 Å². The Balaban J connectivity index is 2.08. The van der Waals surface area contributed by atoms with E-state index < -0.39 is 0 Å². The Bertz CT molecular complexity index is 722. The van der Waals surface area contributed by atoms with Gasteiger partial charge in [-0.2, -0.15) is 0 Å². The van der Waals surface area contributed by atoms with Gasteiger partial charge in [-0.15, -0.1) is 0 Å². The van der Waals surface area contributed by atoms with Crippen LogP contribution < -0.4 is 10.6 Å². The van der Waals surface area contributed by atoms with E-state index in [4.69, 9.17) is 4.42 Å². The highest BCUT2D eigenvalue weighted by molar-refractivity contribution is 5.91. The van der Waals surface area contributed by atoms with E-state index in [-0.39, 0.29) is 30.2 Å². The maximum atomic E-state index is 12.6. The lowest BCUT2D eigenvalue weighted by atomic mass is 10.00. The first kappa shape index (κ1) is 17.7. The van der Waals surface area contributed by atoms with E-state index in [9.17, 15) is 9.59 Å². The Hall–Kier alpha value is -2.60. The number of carbonyl (C=O) groups is 2. The molecule has 0 aliphatic carbocycles. The molecule has 0 unspecified atom stereocenters. The Kier molecular flexibility index (Phi) is 5.76. The molecule has 1 aromatic carbocycles. The summed E-state index contributed by atoms with van der Waals surface area (Å²) >= 11 is 0. The number of hydrogen-bond donors (Lipinski definition) is 2. The molecule has 2 N–H and O–H groups in total. The van der Waals surface area contributed by atoms with Crippen LogP contribution in [0.2, 0.25) is 0 Å². The first-order valence-corrected chi connectivity index (χ1v) is 7.74. The molecule has 2 aromatic rings. The van der Waals surface area contributed by atoms with Crippen LogP contribution in [0.1, 0.15) is 33.5 Å². The van der Waals surface area contributed by atoms with Crippen LogP contribution in [0.15, 0.2) is 40.8 Å². The van der Waals surface area contributed by atoms with Crippen molar-refractivity contribution in [2.24, 2.45) is 0 Å². The van der Waals surface area contributed by atoms with Gasteiger partial charge in [-0.25, -0.2) is 0 Å². The fourth-order valence-corrected chi connectivity index (χ4v) is 2.54. The van der Waals surface area contributed by atoms with Gasteiger partial charge in [-0.3, -0.25) is 14.5 Å². The standard InChI is InChI=1S/C18H23N3O3/c1-12-7-5-6-8-14(12)16(21(3)4)18(23)20-11-13-9-10-15(24-13)17(22)19-2/h5-10,16H,11H2,1-4H3,(H,19,22)(H,20,23)/t16-/m0/s1. The van der Waals surface area contributed by atoms with E-state index in [1.807, 2.05) is 50.2 Å². The van der Waals surface area contributed by atoms with E-state index in [1.165, 1.54) is 7.05 Å². The largest absolute Gasteiger partial charge is 0.454 e. The second-order valence-corrected chi connectivity index (χ2v) is 5.79. The molecule has 6 nitrogen and oxygen atoms in total. The SMILES string of the molecule is CNC(=O)c1ccc(CNC(=O)[C@H](c2ccccc2C)N(C)C)o1. The lowest BCUT2D eigenvalue weighted by Crippen LogP contribution is -2.37. The van der Waals surface area contributed by atoms with Gasteiger partial charge in [0.2, 0.25) is 5.91 Å². The third-order valence-electron chi connectivity index (χ3n) is 3.80. The lowest BCUT2D eigenvalue weighted by Gasteiger charge is -2.25. The Morgan fingerprint density at radius 2 is 1.88 bits per heavy atom. The van der Waals surface area contributed by atoms with Crippen LogP contribution in [0, 0.1) is 6.92 Å². The average molecular weight is 329 g/mol. The molecule has 0 saturated carbocycles. The second-order valence-electron chi connectivity index (χ2n) is 5.79. The molecular formula is C18H23N3O3. The molecule has 1 atom stereocenters. The van der Waals surface area contributed by atoms with Crippen molar-refractivity contribution in [1.29, 1.82) is 0 Å². The van der Waals surface area contributed by atoms with E-state index in [1.54, 1.807) is 12.1 Å². The van der Waals surface area contributed by atoms with Crippen molar-refractivity contribution < 1.29 is 14.0 Å². The van der Waals surface area contributed by atoms with Crippen molar-refractivity contribution in [2.75, 3.05) is 21.1 Å². The summed E-state index contributed by atoms with van der Waals surface area (Å²) in [6, 6.07) is 10.7. The highest BCUT2D eigenvalue weighted by Crippen LogP contribution is 2.22. The molecule has 24 heavy (non-hydrogen) atoms. The monoisotopic (exact) mass is 329 g/mol. The number of likely N-dealkylation sites (N-methyl/N-ethyl adjacent to an activating group) is 1. The molecule has 0 aliphatic heterocycles. The normalized spacial score (nSPS) is 12.0. The third kappa shape index (κ3) is 4.02. The van der Waals surface area contributed by atoms with Gasteiger partial charge >= 0.3 is 0 Å². The van der Waals surface area contributed by atoms with Crippen molar-refractivity contribution in [3.8, 4) is 0 Å². The maximum absolute atomic E-state index is 12.6. The number of furan rings is 1. The maximum Gasteiger partial charge on any atom is 0.286 e. The van der Waals surface area contributed by atoms with Gasteiger partial charge in [0.15, 0.2) is 5.76 Å². The number of rotatable bonds is 6. The van der Waals surface area contributed by atoms with Crippen LogP contribution in [0.4, 0.5) is 0 Å². The molecule has 0 radical (unpaired) electrons. The first-order valence-electron chi connectivity index (χ1n) is 7.74. The number of nitrogens with zero attached hydrogens (tertiary/aromatic N) is 1. The molecule has 6 heteroatoms. The molecule has 2 rings (SSSR count). The zero-order valence-electron chi connectivity index (χ0n) is 14.4. The van der Waals surface area contributed by atoms with Crippen LogP contribution in [0.3, 0.4) is 0 Å². The Labute approximate surface area is 141 Å². The predicted molar refractivity (Wildman–Crippen MR) is 91.6 cm³/mol. The predicted octanol–water partition coefficient (Wildman–Crippen LogP) is 1.87. The third-order valence-corrected chi connectivity index (χ3v) is 3.80. The summed E-state index contributed by atoms with van der Waals surface area (Å²) < 4.78 is 5.42. The van der Waals surface area contributed by atoms with Crippen LogP contribution in [0.25, 0.3) is 0 Å². The number of aryl methyl sites for hydroxylation is 1. The minimum Gasteiger partial charge on any atom is -0.454 e. The summed E-state index contributed by atoms with van der Waals surface area (Å²) in [6.07, 6.45) is 0. The smallest absolute Gasteiger partial charge is 0.286 e. The number of amides is 2. The molecule has 0 spiro atoms. The van der Waals surface area contributed by atoms with Crippen molar-refractivity contribution in [3.63, 3.8) is 0 Å². The van der Waals surface area contributed by atoms with Crippen molar-refractivity contribution in [3.05, 3.63) is 59.0 Å². The highest BCUT2D eigenvalue weighted by atomic mass is 16.4. The van der Waals surface area contributed by atoms with Gasteiger partial charge in [-0.05, 0) is 44.3 Å². The summed E-state index contributed by atoms with van der Waals surface area (Å²) in [5.74, 6) is 0.347. The minimum atomic E-state index is -0.389. The van der Waals surface area contributed by atoms with Gasteiger partial charge in [0, 0.05) is 7.05 Å². The molecule has 2 amide bonds. The van der Waals surface area contributed by atoms with Gasteiger partial charge in [0.1, 0.15) is 11.8 Å². The lowest BCUT2D eigenvalue weighted by molar-refractivity contribution is -0.126. The van der Waals surface area contributed by atoms with Gasteiger partial charge < -0.3 is 15.1 Å². The number of benzene rings is 1. The summed E-state index contributed by atoms with van der Waals surface area (Å²) in [7, 11) is 5.27. The minimum absolute atomic E-state index is 0.118. The summed E-state index contributed by atoms with van der Waals surface area (Å²) in [6.45, 7) is 2.22. The fourth-order valence-electron chi connectivity index (χ4n) is 2.54. The quantitative estimate of drug-likeness (QED) is 0.848. The Morgan fingerprint density at radius 1 is 1.17 bits per heavy atom. The highest BCUT2D eigenvalue weighted by Gasteiger charge is 2.24. The van der Waals surface area contributed by atoms with Crippen LogP contribution in [-0.4, -0.2) is 37.9 Å². The first-order chi connectivity index (χ1) is 11.4. The molecule has 128 valence electrons. The molecule has 1 aromatic heterocycles. The van der Waals surface area contributed by atoms with Crippen LogP contribution in [0.5, 0.6) is 0 Å². The average Bonchev–Trinajstić information content (AvgIpc) is 3.03. The summed E-state index contributed by atoms with van der Waals surface area (Å²) in [5.41, 5.74) is 2.02.